The van der Waals surface area contributed by atoms with Crippen molar-refractivity contribution in [3.63, 3.8) is 0 Å². The van der Waals surface area contributed by atoms with E-state index in [1.165, 1.54) is 19.3 Å². The van der Waals surface area contributed by atoms with Crippen LogP contribution in [0.3, 0.4) is 0 Å². The summed E-state index contributed by atoms with van der Waals surface area (Å²) in [6, 6.07) is 0.326. The Hall–Kier alpha value is -1.18. The lowest BCUT2D eigenvalue weighted by Gasteiger charge is -2.51. The highest BCUT2D eigenvalue weighted by atomic mass is 16.5. The van der Waals surface area contributed by atoms with Gasteiger partial charge in [-0.25, -0.2) is 0 Å². The zero-order valence-electron chi connectivity index (χ0n) is 17.3. The van der Waals surface area contributed by atoms with Crippen molar-refractivity contribution < 1.29 is 19.4 Å². The average molecular weight is 396 g/mol. The Kier molecular flexibility index (Phi) is 7.71. The number of hydrogen-bond acceptors (Lipinski definition) is 5. The van der Waals surface area contributed by atoms with Crippen molar-refractivity contribution in [3.8, 4) is 0 Å². The highest BCUT2D eigenvalue weighted by Crippen LogP contribution is 2.38. The maximum absolute atomic E-state index is 12.5. The molecule has 2 aliphatic heterocycles. The van der Waals surface area contributed by atoms with Crippen LogP contribution in [-0.4, -0.2) is 84.8 Å². The number of nitrogens with zero attached hydrogens (tertiary/aromatic N) is 2. The molecule has 2 atom stereocenters. The highest BCUT2D eigenvalue weighted by Gasteiger charge is 2.46. The quantitative estimate of drug-likeness (QED) is 0.705. The Balaban J connectivity index is 1.55. The molecule has 3 fully saturated rings. The normalized spacial score (nSPS) is 29.8. The van der Waals surface area contributed by atoms with Gasteiger partial charge < -0.3 is 20.1 Å². The van der Waals surface area contributed by atoms with E-state index < -0.39 is 6.10 Å². The molecule has 28 heavy (non-hydrogen) atoms. The van der Waals surface area contributed by atoms with E-state index in [1.54, 1.807) is 0 Å². The van der Waals surface area contributed by atoms with Crippen LogP contribution in [0.4, 0.5) is 0 Å². The molecule has 7 nitrogen and oxygen atoms in total. The molecule has 0 bridgehead atoms. The molecule has 3 aliphatic rings. The first kappa shape index (κ1) is 21.5. The van der Waals surface area contributed by atoms with Crippen LogP contribution in [0, 0.1) is 5.41 Å². The van der Waals surface area contributed by atoms with Crippen LogP contribution in [0.25, 0.3) is 0 Å². The van der Waals surface area contributed by atoms with Crippen molar-refractivity contribution in [1.82, 2.24) is 15.1 Å². The maximum Gasteiger partial charge on any atom is 0.248 e. The molecular weight excluding hydrogens is 358 g/mol. The fourth-order valence-corrected chi connectivity index (χ4v) is 5.15. The zero-order valence-corrected chi connectivity index (χ0v) is 17.3. The minimum Gasteiger partial charge on any atom is -0.392 e. The summed E-state index contributed by atoms with van der Waals surface area (Å²) in [7, 11) is 0. The third kappa shape index (κ3) is 5.45. The third-order valence-electron chi connectivity index (χ3n) is 6.69. The molecule has 1 saturated carbocycles. The van der Waals surface area contributed by atoms with Crippen LogP contribution < -0.4 is 5.32 Å². The molecule has 7 heteroatoms. The summed E-state index contributed by atoms with van der Waals surface area (Å²) in [5, 5.41) is 14.0. The summed E-state index contributed by atoms with van der Waals surface area (Å²) in [6.45, 7) is 5.58. The van der Waals surface area contributed by atoms with Crippen LogP contribution in [0.15, 0.2) is 0 Å². The van der Waals surface area contributed by atoms with Gasteiger partial charge in [-0.2, -0.15) is 0 Å². The van der Waals surface area contributed by atoms with E-state index in [2.05, 4.69) is 10.2 Å². The molecular formula is C21H37N3O4. The number of carbonyl (C=O) groups is 2. The zero-order chi connectivity index (χ0) is 20.0. The van der Waals surface area contributed by atoms with Crippen molar-refractivity contribution in [1.29, 1.82) is 0 Å². The second-order valence-corrected chi connectivity index (χ2v) is 8.84. The lowest BCUT2D eigenvalue weighted by molar-refractivity contribution is -0.147. The summed E-state index contributed by atoms with van der Waals surface area (Å²) in [5.41, 5.74) is -0.330. The topological polar surface area (TPSA) is 82.1 Å². The van der Waals surface area contributed by atoms with E-state index >= 15 is 0 Å². The molecule has 2 N–H and O–H groups in total. The van der Waals surface area contributed by atoms with Gasteiger partial charge in [-0.15, -0.1) is 0 Å². The van der Waals surface area contributed by atoms with Crippen LogP contribution in [0.5, 0.6) is 0 Å². The van der Waals surface area contributed by atoms with E-state index in [4.69, 9.17) is 4.74 Å². The third-order valence-corrected chi connectivity index (χ3v) is 6.69. The molecule has 3 rings (SSSR count). The molecule has 0 aromatic carbocycles. The Morgan fingerprint density at radius 3 is 2.64 bits per heavy atom. The first-order chi connectivity index (χ1) is 13.5. The second-order valence-electron chi connectivity index (χ2n) is 8.84. The van der Waals surface area contributed by atoms with E-state index in [0.717, 1.165) is 38.8 Å². The van der Waals surface area contributed by atoms with E-state index in [0.29, 0.717) is 38.7 Å². The van der Waals surface area contributed by atoms with Crippen LogP contribution in [0.2, 0.25) is 0 Å². The molecule has 0 aromatic rings. The Morgan fingerprint density at radius 1 is 1.11 bits per heavy atom. The van der Waals surface area contributed by atoms with Gasteiger partial charge in [0.15, 0.2) is 0 Å². The van der Waals surface area contributed by atoms with Crippen molar-refractivity contribution in [2.45, 2.75) is 70.4 Å². The van der Waals surface area contributed by atoms with Gasteiger partial charge in [-0.1, -0.05) is 19.3 Å². The maximum atomic E-state index is 12.5. The fraction of sp³-hybridized carbons (Fsp3) is 0.905. The predicted octanol–water partition coefficient (Wildman–Crippen LogP) is 1.15. The first-order valence-electron chi connectivity index (χ1n) is 11.1. The van der Waals surface area contributed by atoms with Gasteiger partial charge in [-0.05, 0) is 39.0 Å². The number of ether oxygens (including phenoxy) is 1. The molecule has 2 saturated heterocycles. The smallest absolute Gasteiger partial charge is 0.248 e. The van der Waals surface area contributed by atoms with Gasteiger partial charge in [0.05, 0.1) is 12.6 Å². The number of aliphatic hydroxyl groups excluding tert-OH is 1. The monoisotopic (exact) mass is 395 g/mol. The average Bonchev–Trinajstić information content (AvgIpc) is 2.70. The minimum absolute atomic E-state index is 0.000269. The molecule has 160 valence electrons. The number of amides is 2. The largest absolute Gasteiger partial charge is 0.392 e. The molecule has 0 unspecified atom stereocenters. The summed E-state index contributed by atoms with van der Waals surface area (Å²) >= 11 is 0. The van der Waals surface area contributed by atoms with Gasteiger partial charge in [0.25, 0.3) is 0 Å². The van der Waals surface area contributed by atoms with Crippen LogP contribution in [0.1, 0.15) is 58.3 Å². The van der Waals surface area contributed by atoms with Gasteiger partial charge in [0, 0.05) is 44.2 Å². The molecule has 0 aromatic heterocycles. The first-order valence-corrected chi connectivity index (χ1v) is 11.1. The number of piperidine rings is 2. The van der Waals surface area contributed by atoms with Crippen LogP contribution in [-0.2, 0) is 14.3 Å². The molecule has 0 radical (unpaired) electrons. The van der Waals surface area contributed by atoms with E-state index in [-0.39, 0.29) is 23.8 Å². The summed E-state index contributed by atoms with van der Waals surface area (Å²) in [5.74, 6) is 0.0961. The van der Waals surface area contributed by atoms with E-state index in [9.17, 15) is 14.7 Å². The highest BCUT2D eigenvalue weighted by molar-refractivity contribution is 5.78. The molecule has 1 spiro atoms. The van der Waals surface area contributed by atoms with Gasteiger partial charge in [0.1, 0.15) is 6.61 Å². The Labute approximate surface area is 168 Å². The number of aliphatic hydroxyl groups is 1. The van der Waals surface area contributed by atoms with Gasteiger partial charge in [-0.3, -0.25) is 14.5 Å². The number of carbonyl (C=O) groups excluding carboxylic acids is 2. The number of hydrogen-bond donors (Lipinski definition) is 2. The molecule has 1 aliphatic carbocycles. The number of likely N-dealkylation sites (tertiary alicyclic amines) is 2. The second kappa shape index (κ2) is 10.0. The fourth-order valence-electron chi connectivity index (χ4n) is 5.15. The summed E-state index contributed by atoms with van der Waals surface area (Å²) in [6.07, 6.45) is 7.88. The molecule has 2 amide bonds. The number of rotatable bonds is 6. The van der Waals surface area contributed by atoms with Gasteiger partial charge >= 0.3 is 0 Å². The van der Waals surface area contributed by atoms with Gasteiger partial charge in [0.2, 0.25) is 11.8 Å². The Morgan fingerprint density at radius 2 is 1.89 bits per heavy atom. The minimum atomic E-state index is -0.423. The summed E-state index contributed by atoms with van der Waals surface area (Å²) in [4.78, 5) is 28.9. The van der Waals surface area contributed by atoms with Crippen molar-refractivity contribution in [2.75, 3.05) is 45.9 Å². The van der Waals surface area contributed by atoms with Crippen molar-refractivity contribution in [2.24, 2.45) is 5.41 Å². The standard InChI is InChI=1S/C21H37N3O4/c1-2-28-14-20(27)24-11-6-10-21(16-24)15-23(12-9-18(21)25)13-19(26)22-17-7-4-3-5-8-17/h17-18,25H,2-16H2,1H3,(H,22,26)/t18-,21-/m1/s1. The van der Waals surface area contributed by atoms with Crippen molar-refractivity contribution in [3.05, 3.63) is 0 Å². The predicted molar refractivity (Wildman–Crippen MR) is 107 cm³/mol. The van der Waals surface area contributed by atoms with Crippen LogP contribution >= 0.6 is 0 Å². The lowest BCUT2D eigenvalue weighted by atomic mass is 9.71. The Bertz CT molecular complexity index is 538. The molecule has 2 heterocycles. The number of nitrogens with one attached hydrogen (secondary N) is 1. The summed E-state index contributed by atoms with van der Waals surface area (Å²) < 4.78 is 5.28. The van der Waals surface area contributed by atoms with E-state index in [1.807, 2.05) is 11.8 Å². The lowest BCUT2D eigenvalue weighted by Crippen LogP contribution is -2.61. The van der Waals surface area contributed by atoms with Crippen molar-refractivity contribution >= 4 is 11.8 Å². The SMILES string of the molecule is CCOCC(=O)N1CCC[C@@]2(CN(CC(=O)NC3CCCCC3)CC[C@H]2O)C1.